The molecule has 0 radical (unpaired) electrons. The van der Waals surface area contributed by atoms with Crippen LogP contribution in [0.2, 0.25) is 0 Å². The van der Waals surface area contributed by atoms with Gasteiger partial charge in [0.15, 0.2) is 5.75 Å². The minimum Gasteiger partial charge on any atom is -0.505 e. The van der Waals surface area contributed by atoms with Gasteiger partial charge in [0.25, 0.3) is 0 Å². The quantitative estimate of drug-likeness (QED) is 0.779. The molecule has 0 atom stereocenters. The lowest BCUT2D eigenvalue weighted by atomic mass is 10.3. The Hall–Kier alpha value is -1.80. The number of carboxylic acids is 2. The number of hydrogen-bond donors (Lipinski definition) is 3. The number of aliphatic carboxylic acids is 2. The molecule has 0 amide bonds. The van der Waals surface area contributed by atoms with Gasteiger partial charge >= 0.3 is 11.9 Å². The number of ether oxygens (including phenoxy) is 1. The van der Waals surface area contributed by atoms with Crippen molar-refractivity contribution in [1.29, 1.82) is 0 Å². The molecule has 3 N–H and O–H groups in total. The Labute approximate surface area is 115 Å². The van der Waals surface area contributed by atoms with Gasteiger partial charge in [0.1, 0.15) is 5.75 Å². The highest BCUT2D eigenvalue weighted by molar-refractivity contribution is 7.29. The predicted molar refractivity (Wildman–Crippen MR) is 70.6 cm³/mol. The van der Waals surface area contributed by atoms with Gasteiger partial charge < -0.3 is 20.1 Å². The number of carboxylic acid groups (broad SMARTS) is 2. The highest BCUT2D eigenvalue weighted by Crippen LogP contribution is 2.49. The summed E-state index contributed by atoms with van der Waals surface area (Å²) in [4.78, 5) is 22.3. The average Bonchev–Trinajstić information content (AvgIpc) is 2.76. The van der Waals surface area contributed by atoms with Gasteiger partial charge in [-0.05, 0) is 0 Å². The number of thiophene rings is 2. The van der Waals surface area contributed by atoms with Gasteiger partial charge in [0, 0.05) is 0 Å². The largest absolute Gasteiger partial charge is 0.505 e. The number of hydrogen-bond acceptors (Lipinski definition) is 6. The zero-order valence-electron chi connectivity index (χ0n) is 9.80. The molecule has 0 bridgehead atoms. The number of fused-ring (bicyclic) bond motifs is 1. The molecule has 2 rings (SSSR count). The van der Waals surface area contributed by atoms with Crippen LogP contribution in [-0.2, 0) is 22.4 Å². The van der Waals surface area contributed by atoms with Gasteiger partial charge in [-0.1, -0.05) is 0 Å². The maximum Gasteiger partial charge on any atom is 0.308 e. The van der Waals surface area contributed by atoms with E-state index in [1.807, 2.05) is 0 Å². The van der Waals surface area contributed by atoms with E-state index in [0.29, 0.717) is 24.9 Å². The average molecular weight is 302 g/mol. The third kappa shape index (κ3) is 2.49. The molecule has 0 spiro atoms. The second kappa shape index (κ2) is 5.06. The van der Waals surface area contributed by atoms with Crippen molar-refractivity contribution in [3.8, 4) is 11.5 Å². The summed E-state index contributed by atoms with van der Waals surface area (Å²) in [6.07, 6.45) is -0.460. The Bertz CT molecular complexity index is 654. The normalized spacial score (nSPS) is 10.8. The first-order valence-corrected chi connectivity index (χ1v) is 6.81. The van der Waals surface area contributed by atoms with Crippen LogP contribution in [0.25, 0.3) is 9.40 Å². The third-order valence-electron chi connectivity index (χ3n) is 2.42. The molecule has 0 aliphatic heterocycles. The lowest BCUT2D eigenvalue weighted by Gasteiger charge is -1.99. The fraction of sp³-hybridized carbons (Fsp3) is 0.273. The Morgan fingerprint density at radius 1 is 1.05 bits per heavy atom. The summed E-state index contributed by atoms with van der Waals surface area (Å²) in [5, 5.41) is 27.5. The predicted octanol–water partition coefficient (Wildman–Crippen LogP) is 1.93. The summed E-state index contributed by atoms with van der Waals surface area (Å²) in [5.41, 5.74) is 0. The molecule has 2 heterocycles. The van der Waals surface area contributed by atoms with Crippen LogP contribution in [0.4, 0.5) is 0 Å². The summed E-state index contributed by atoms with van der Waals surface area (Å²) in [7, 11) is 1.42. The molecule has 2 aromatic rings. The Balaban J connectivity index is 2.54. The standard InChI is InChI=1S/C11H10O6S2/c1-17-9-5(3-7(14)15)19-10-8(16)4(2-6(12)13)18-11(9)10/h16H,2-3H2,1H3,(H,12,13)(H,14,15). The topological polar surface area (TPSA) is 104 Å². The molecule has 8 heteroatoms. The Morgan fingerprint density at radius 2 is 1.58 bits per heavy atom. The molecule has 2 aromatic heterocycles. The number of rotatable bonds is 5. The molecule has 0 saturated heterocycles. The molecule has 102 valence electrons. The highest BCUT2D eigenvalue weighted by atomic mass is 32.1. The van der Waals surface area contributed by atoms with E-state index >= 15 is 0 Å². The lowest BCUT2D eigenvalue weighted by Crippen LogP contribution is -1.99. The zero-order chi connectivity index (χ0) is 14.2. The lowest BCUT2D eigenvalue weighted by molar-refractivity contribution is -0.137. The minimum absolute atomic E-state index is 0.0951. The van der Waals surface area contributed by atoms with Crippen molar-refractivity contribution in [2.45, 2.75) is 12.8 Å². The van der Waals surface area contributed by atoms with Gasteiger partial charge in [-0.15, -0.1) is 22.7 Å². The van der Waals surface area contributed by atoms with Crippen LogP contribution in [0.5, 0.6) is 11.5 Å². The second-order valence-electron chi connectivity index (χ2n) is 3.73. The summed E-state index contributed by atoms with van der Waals surface area (Å²) in [6, 6.07) is 0. The van der Waals surface area contributed by atoms with Crippen molar-refractivity contribution in [1.82, 2.24) is 0 Å². The van der Waals surface area contributed by atoms with Gasteiger partial charge in [-0.25, -0.2) is 0 Å². The number of carbonyl (C=O) groups is 2. The van der Waals surface area contributed by atoms with E-state index in [1.54, 1.807) is 0 Å². The maximum absolute atomic E-state index is 10.7. The van der Waals surface area contributed by atoms with Crippen LogP contribution < -0.4 is 4.74 Å². The molecule has 0 unspecified atom stereocenters. The third-order valence-corrected chi connectivity index (χ3v) is 4.91. The van der Waals surface area contributed by atoms with Crippen LogP contribution >= 0.6 is 22.7 Å². The van der Waals surface area contributed by atoms with E-state index in [-0.39, 0.29) is 18.6 Å². The first-order chi connectivity index (χ1) is 8.93. The van der Waals surface area contributed by atoms with Crippen molar-refractivity contribution in [2.75, 3.05) is 7.11 Å². The summed E-state index contributed by atoms with van der Waals surface area (Å²) in [5.74, 6) is -1.71. The summed E-state index contributed by atoms with van der Waals surface area (Å²) in [6.45, 7) is 0. The van der Waals surface area contributed by atoms with E-state index in [4.69, 9.17) is 14.9 Å². The van der Waals surface area contributed by atoms with E-state index in [0.717, 1.165) is 22.7 Å². The molecule has 0 aliphatic carbocycles. The van der Waals surface area contributed by atoms with E-state index < -0.39 is 11.9 Å². The van der Waals surface area contributed by atoms with Crippen LogP contribution in [0.1, 0.15) is 9.75 Å². The smallest absolute Gasteiger partial charge is 0.308 e. The van der Waals surface area contributed by atoms with Gasteiger partial charge in [0.2, 0.25) is 0 Å². The second-order valence-corrected chi connectivity index (χ2v) is 5.94. The van der Waals surface area contributed by atoms with Gasteiger partial charge in [-0.2, -0.15) is 0 Å². The molecule has 6 nitrogen and oxygen atoms in total. The summed E-state index contributed by atoms with van der Waals surface area (Å²) >= 11 is 2.23. The van der Waals surface area contributed by atoms with Gasteiger partial charge in [0.05, 0.1) is 39.1 Å². The SMILES string of the molecule is COc1c(CC(=O)O)sc2c(O)c(CC(=O)O)sc12. The van der Waals surface area contributed by atoms with Crippen LogP contribution in [-0.4, -0.2) is 34.4 Å². The number of aromatic hydroxyl groups is 1. The van der Waals surface area contributed by atoms with Crippen molar-refractivity contribution in [3.05, 3.63) is 9.75 Å². The van der Waals surface area contributed by atoms with Crippen molar-refractivity contribution in [2.24, 2.45) is 0 Å². The monoisotopic (exact) mass is 302 g/mol. The molecule has 0 aromatic carbocycles. The number of methoxy groups -OCH3 is 1. The van der Waals surface area contributed by atoms with Crippen molar-refractivity contribution < 1.29 is 29.6 Å². The fourth-order valence-electron chi connectivity index (χ4n) is 1.71. The van der Waals surface area contributed by atoms with Crippen molar-refractivity contribution in [3.63, 3.8) is 0 Å². The summed E-state index contributed by atoms with van der Waals surface area (Å²) < 4.78 is 6.25. The molecular weight excluding hydrogens is 292 g/mol. The fourth-order valence-corrected chi connectivity index (χ4v) is 4.34. The first kappa shape index (κ1) is 13.6. The van der Waals surface area contributed by atoms with Crippen LogP contribution in [0, 0.1) is 0 Å². The molecular formula is C11H10O6S2. The minimum atomic E-state index is -1.03. The molecule has 0 aliphatic rings. The maximum atomic E-state index is 10.7. The Kier molecular flexibility index (Phi) is 3.63. The highest BCUT2D eigenvalue weighted by Gasteiger charge is 2.23. The Morgan fingerprint density at radius 3 is 2.11 bits per heavy atom. The van der Waals surface area contributed by atoms with E-state index in [2.05, 4.69) is 0 Å². The van der Waals surface area contributed by atoms with Gasteiger partial charge in [-0.3, -0.25) is 9.59 Å². The van der Waals surface area contributed by atoms with E-state index in [9.17, 15) is 14.7 Å². The molecule has 19 heavy (non-hydrogen) atoms. The zero-order valence-corrected chi connectivity index (χ0v) is 11.4. The molecule has 0 saturated carbocycles. The van der Waals surface area contributed by atoms with E-state index in [1.165, 1.54) is 7.11 Å². The van der Waals surface area contributed by atoms with Crippen LogP contribution in [0.3, 0.4) is 0 Å². The molecule has 0 fully saturated rings. The first-order valence-electron chi connectivity index (χ1n) is 5.17. The van der Waals surface area contributed by atoms with Crippen molar-refractivity contribution >= 4 is 44.0 Å². The van der Waals surface area contributed by atoms with Crippen LogP contribution in [0.15, 0.2) is 0 Å².